The summed E-state index contributed by atoms with van der Waals surface area (Å²) < 4.78 is 12.9. The van der Waals surface area contributed by atoms with E-state index in [9.17, 15) is 9.50 Å². The summed E-state index contributed by atoms with van der Waals surface area (Å²) in [4.78, 5) is 0.707. The van der Waals surface area contributed by atoms with Gasteiger partial charge in [-0.2, -0.15) is 0 Å². The number of benzene rings is 1. The van der Waals surface area contributed by atoms with Crippen LogP contribution in [-0.4, -0.2) is 11.7 Å². The molecular weight excluding hydrogens is 285 g/mol. The molecule has 0 amide bonds. The van der Waals surface area contributed by atoms with Gasteiger partial charge in [0.25, 0.3) is 0 Å². The predicted molar refractivity (Wildman–Crippen MR) is 77.2 cm³/mol. The van der Waals surface area contributed by atoms with Gasteiger partial charge in [0, 0.05) is 12.5 Å². The Balaban J connectivity index is 2.31. The summed E-state index contributed by atoms with van der Waals surface area (Å²) in [6.45, 7) is 2.16. The first-order chi connectivity index (χ1) is 9.04. The van der Waals surface area contributed by atoms with Crippen molar-refractivity contribution in [2.75, 3.05) is 6.54 Å². The van der Waals surface area contributed by atoms with Crippen molar-refractivity contribution < 1.29 is 9.50 Å². The van der Waals surface area contributed by atoms with Crippen molar-refractivity contribution in [2.45, 2.75) is 18.9 Å². The van der Waals surface area contributed by atoms with E-state index in [1.54, 1.807) is 12.1 Å². The van der Waals surface area contributed by atoms with E-state index in [-0.39, 0.29) is 18.3 Å². The summed E-state index contributed by atoms with van der Waals surface area (Å²) in [7, 11) is 0. The molecule has 5 heteroatoms. The molecule has 0 fully saturated rings. The van der Waals surface area contributed by atoms with Gasteiger partial charge in [-0.25, -0.2) is 4.39 Å². The molecule has 1 aromatic heterocycles. The monoisotopic (exact) mass is 299 g/mol. The van der Waals surface area contributed by atoms with Crippen molar-refractivity contribution in [1.29, 1.82) is 0 Å². The topological polar surface area (TPSA) is 46.2 Å². The van der Waals surface area contributed by atoms with Crippen molar-refractivity contribution in [3.63, 3.8) is 0 Å². The van der Waals surface area contributed by atoms with E-state index >= 15 is 0 Å². The Labute approximate surface area is 120 Å². The predicted octanol–water partition coefficient (Wildman–Crippen LogP) is 3.62. The molecule has 2 atom stereocenters. The number of aliphatic hydroxyl groups is 1. The highest BCUT2D eigenvalue weighted by Crippen LogP contribution is 2.39. The summed E-state index contributed by atoms with van der Waals surface area (Å²) in [6, 6.07) is 6.02. The third kappa shape index (κ3) is 2.98. The molecule has 0 aliphatic carbocycles. The van der Waals surface area contributed by atoms with Crippen LogP contribution in [0.1, 0.15) is 28.0 Å². The lowest BCUT2D eigenvalue weighted by Crippen LogP contribution is -2.19. The smallest absolute Gasteiger partial charge is 0.123 e. The van der Waals surface area contributed by atoms with E-state index in [2.05, 4.69) is 0 Å². The second-order valence-corrected chi connectivity index (χ2v) is 5.72. The fourth-order valence-electron chi connectivity index (χ4n) is 1.99. The van der Waals surface area contributed by atoms with E-state index in [4.69, 9.17) is 17.3 Å². The van der Waals surface area contributed by atoms with Gasteiger partial charge in [-0.1, -0.05) is 23.7 Å². The lowest BCUT2D eigenvalue weighted by atomic mass is 9.92. The molecule has 0 spiro atoms. The molecule has 3 N–H and O–H groups in total. The maximum atomic E-state index is 12.9. The normalized spacial score (nSPS) is 14.4. The summed E-state index contributed by atoms with van der Waals surface area (Å²) >= 11 is 7.58. The van der Waals surface area contributed by atoms with Crippen molar-refractivity contribution in [3.8, 4) is 0 Å². The van der Waals surface area contributed by atoms with E-state index in [1.807, 2.05) is 12.3 Å². The first kappa shape index (κ1) is 14.5. The van der Waals surface area contributed by atoms with Crippen LogP contribution >= 0.6 is 22.9 Å². The van der Waals surface area contributed by atoms with Crippen LogP contribution in [0.2, 0.25) is 5.02 Å². The average Bonchev–Trinajstić information content (AvgIpc) is 2.73. The first-order valence-electron chi connectivity index (χ1n) is 5.91. The van der Waals surface area contributed by atoms with Gasteiger partial charge in [-0.3, -0.25) is 0 Å². The Kier molecular flexibility index (Phi) is 4.58. The van der Waals surface area contributed by atoms with Crippen LogP contribution in [0.5, 0.6) is 0 Å². The zero-order valence-corrected chi connectivity index (χ0v) is 12.0. The molecule has 1 aromatic carbocycles. The molecule has 19 heavy (non-hydrogen) atoms. The number of hydrogen-bond acceptors (Lipinski definition) is 3. The SMILES string of the molecule is Cc1csc(C(O)C(CN)c2ccc(F)cc2)c1Cl. The molecule has 1 heterocycles. The standard InChI is InChI=1S/C14H15ClFNOS/c1-8-7-19-14(12(8)15)13(18)11(6-17)9-2-4-10(16)5-3-9/h2-5,7,11,13,18H,6,17H2,1H3. The van der Waals surface area contributed by atoms with Crippen LogP contribution < -0.4 is 5.73 Å². The van der Waals surface area contributed by atoms with E-state index < -0.39 is 6.10 Å². The van der Waals surface area contributed by atoms with Gasteiger partial charge < -0.3 is 10.8 Å². The zero-order chi connectivity index (χ0) is 14.0. The van der Waals surface area contributed by atoms with Gasteiger partial charge in [-0.15, -0.1) is 11.3 Å². The minimum absolute atomic E-state index is 0.264. The summed E-state index contributed by atoms with van der Waals surface area (Å²) in [5.41, 5.74) is 7.49. The van der Waals surface area contributed by atoms with Crippen LogP contribution in [-0.2, 0) is 0 Å². The second kappa shape index (κ2) is 6.01. The molecule has 0 saturated carbocycles. The molecule has 0 saturated heterocycles. The summed E-state index contributed by atoms with van der Waals surface area (Å²) in [5.74, 6) is -0.602. The number of nitrogens with two attached hydrogens (primary N) is 1. The van der Waals surface area contributed by atoms with Gasteiger partial charge in [0.1, 0.15) is 5.82 Å². The third-order valence-electron chi connectivity index (χ3n) is 3.13. The fraction of sp³-hybridized carbons (Fsp3) is 0.286. The number of rotatable bonds is 4. The molecule has 0 aliphatic heterocycles. The Morgan fingerprint density at radius 3 is 2.47 bits per heavy atom. The summed E-state index contributed by atoms with van der Waals surface area (Å²) in [5, 5.41) is 12.9. The Bertz CT molecular complexity index is 555. The number of aryl methyl sites for hydroxylation is 1. The highest BCUT2D eigenvalue weighted by Gasteiger charge is 2.25. The van der Waals surface area contributed by atoms with Crippen molar-refractivity contribution in [1.82, 2.24) is 0 Å². The molecule has 2 aromatic rings. The minimum atomic E-state index is -0.776. The molecule has 2 nitrogen and oxygen atoms in total. The molecule has 0 aliphatic rings. The fourth-order valence-corrected chi connectivity index (χ4v) is 3.34. The van der Waals surface area contributed by atoms with Crippen molar-refractivity contribution >= 4 is 22.9 Å². The highest BCUT2D eigenvalue weighted by atomic mass is 35.5. The van der Waals surface area contributed by atoms with Crippen molar-refractivity contribution in [2.24, 2.45) is 5.73 Å². The third-order valence-corrected chi connectivity index (χ3v) is 4.91. The maximum absolute atomic E-state index is 12.9. The first-order valence-corrected chi connectivity index (χ1v) is 7.17. The maximum Gasteiger partial charge on any atom is 0.123 e. The molecule has 2 unspecified atom stereocenters. The Morgan fingerprint density at radius 2 is 2.00 bits per heavy atom. The lowest BCUT2D eigenvalue weighted by molar-refractivity contribution is 0.151. The lowest BCUT2D eigenvalue weighted by Gasteiger charge is -2.21. The van der Waals surface area contributed by atoms with Gasteiger partial charge in [-0.05, 0) is 35.6 Å². The molecule has 0 radical (unpaired) electrons. The van der Waals surface area contributed by atoms with Gasteiger partial charge in [0.2, 0.25) is 0 Å². The van der Waals surface area contributed by atoms with Gasteiger partial charge >= 0.3 is 0 Å². The van der Waals surface area contributed by atoms with Gasteiger partial charge in [0.05, 0.1) is 16.0 Å². The largest absolute Gasteiger partial charge is 0.387 e. The van der Waals surface area contributed by atoms with Crippen LogP contribution in [0.25, 0.3) is 0 Å². The number of thiophene rings is 1. The van der Waals surface area contributed by atoms with E-state index in [0.29, 0.717) is 9.90 Å². The zero-order valence-electron chi connectivity index (χ0n) is 10.4. The van der Waals surface area contributed by atoms with Crippen LogP contribution in [0.15, 0.2) is 29.6 Å². The summed E-state index contributed by atoms with van der Waals surface area (Å²) in [6.07, 6.45) is -0.776. The molecule has 2 rings (SSSR count). The quantitative estimate of drug-likeness (QED) is 0.905. The Hall–Kier alpha value is -0.940. The second-order valence-electron chi connectivity index (χ2n) is 4.44. The number of hydrogen-bond donors (Lipinski definition) is 2. The van der Waals surface area contributed by atoms with Crippen molar-refractivity contribution in [3.05, 3.63) is 56.5 Å². The van der Waals surface area contributed by atoms with Crippen LogP contribution in [0.4, 0.5) is 4.39 Å². The number of halogens is 2. The Morgan fingerprint density at radius 1 is 1.37 bits per heavy atom. The minimum Gasteiger partial charge on any atom is -0.387 e. The van der Waals surface area contributed by atoms with E-state index in [1.165, 1.54) is 23.5 Å². The highest BCUT2D eigenvalue weighted by molar-refractivity contribution is 7.10. The molecule has 102 valence electrons. The number of aliphatic hydroxyl groups excluding tert-OH is 1. The average molecular weight is 300 g/mol. The van der Waals surface area contributed by atoms with Gasteiger partial charge in [0.15, 0.2) is 0 Å². The van der Waals surface area contributed by atoms with E-state index in [0.717, 1.165) is 11.1 Å². The van der Waals surface area contributed by atoms with Crippen LogP contribution in [0, 0.1) is 12.7 Å². The molecule has 0 bridgehead atoms. The van der Waals surface area contributed by atoms with Crippen LogP contribution in [0.3, 0.4) is 0 Å². The molecular formula is C14H15ClFNOS.